The number of amides is 1. The summed E-state index contributed by atoms with van der Waals surface area (Å²) in [5.74, 6) is 1.17. The SMILES string of the molecule is CC(NC(C)c1ccc2c(c1)OCCCO2)C(N)=O. The number of primary amides is 1. The van der Waals surface area contributed by atoms with Crippen molar-refractivity contribution in [2.24, 2.45) is 5.73 Å². The molecule has 2 unspecified atom stereocenters. The fourth-order valence-electron chi connectivity index (χ4n) is 2.00. The number of hydrogen-bond acceptors (Lipinski definition) is 4. The van der Waals surface area contributed by atoms with Crippen molar-refractivity contribution in [3.63, 3.8) is 0 Å². The molecule has 2 atom stereocenters. The minimum Gasteiger partial charge on any atom is -0.490 e. The second kappa shape index (κ2) is 5.93. The van der Waals surface area contributed by atoms with E-state index in [-0.39, 0.29) is 18.0 Å². The van der Waals surface area contributed by atoms with Crippen molar-refractivity contribution in [2.75, 3.05) is 13.2 Å². The van der Waals surface area contributed by atoms with Gasteiger partial charge in [-0.25, -0.2) is 0 Å². The van der Waals surface area contributed by atoms with E-state index in [1.807, 2.05) is 25.1 Å². The first-order chi connectivity index (χ1) is 9.08. The quantitative estimate of drug-likeness (QED) is 0.861. The third-order valence-electron chi connectivity index (χ3n) is 3.20. The highest BCUT2D eigenvalue weighted by molar-refractivity contribution is 5.79. The Balaban J connectivity index is 2.12. The molecule has 2 rings (SSSR count). The van der Waals surface area contributed by atoms with Crippen LogP contribution in [-0.4, -0.2) is 25.2 Å². The molecule has 1 aromatic rings. The summed E-state index contributed by atoms with van der Waals surface area (Å²) in [6, 6.07) is 5.47. The Kier molecular flexibility index (Phi) is 4.27. The standard InChI is InChI=1S/C14H20N2O3/c1-9(16-10(2)14(15)17)11-4-5-12-13(8-11)19-7-3-6-18-12/h4-5,8-10,16H,3,6-7H2,1-2H3,(H2,15,17). The van der Waals surface area contributed by atoms with E-state index in [0.29, 0.717) is 13.2 Å². The summed E-state index contributed by atoms with van der Waals surface area (Å²) in [4.78, 5) is 11.1. The van der Waals surface area contributed by atoms with Gasteiger partial charge in [0.15, 0.2) is 11.5 Å². The summed E-state index contributed by atoms with van der Waals surface area (Å²) in [6.45, 7) is 5.08. The number of nitrogens with one attached hydrogen (secondary N) is 1. The molecule has 19 heavy (non-hydrogen) atoms. The van der Waals surface area contributed by atoms with Gasteiger partial charge >= 0.3 is 0 Å². The monoisotopic (exact) mass is 264 g/mol. The first kappa shape index (κ1) is 13.7. The average molecular weight is 264 g/mol. The highest BCUT2D eigenvalue weighted by Crippen LogP contribution is 2.32. The summed E-state index contributed by atoms with van der Waals surface area (Å²) in [6.07, 6.45) is 0.885. The van der Waals surface area contributed by atoms with Crippen molar-refractivity contribution in [1.29, 1.82) is 0 Å². The van der Waals surface area contributed by atoms with Gasteiger partial charge in [-0.15, -0.1) is 0 Å². The smallest absolute Gasteiger partial charge is 0.234 e. The van der Waals surface area contributed by atoms with Crippen LogP contribution in [0.4, 0.5) is 0 Å². The first-order valence-electron chi connectivity index (χ1n) is 6.53. The van der Waals surface area contributed by atoms with Gasteiger partial charge in [-0.2, -0.15) is 0 Å². The van der Waals surface area contributed by atoms with Crippen molar-refractivity contribution in [3.8, 4) is 11.5 Å². The van der Waals surface area contributed by atoms with E-state index in [0.717, 1.165) is 23.5 Å². The van der Waals surface area contributed by atoms with Crippen LogP contribution in [0.3, 0.4) is 0 Å². The molecule has 0 radical (unpaired) electrons. The minimum atomic E-state index is -0.369. The molecule has 104 valence electrons. The van der Waals surface area contributed by atoms with Crippen molar-refractivity contribution in [1.82, 2.24) is 5.32 Å². The largest absolute Gasteiger partial charge is 0.490 e. The molecule has 5 heteroatoms. The van der Waals surface area contributed by atoms with E-state index >= 15 is 0 Å². The molecular formula is C14H20N2O3. The third-order valence-corrected chi connectivity index (χ3v) is 3.20. The maximum absolute atomic E-state index is 11.1. The fraction of sp³-hybridized carbons (Fsp3) is 0.500. The molecule has 1 amide bonds. The molecule has 0 spiro atoms. The molecule has 0 aromatic heterocycles. The van der Waals surface area contributed by atoms with E-state index in [1.54, 1.807) is 6.92 Å². The lowest BCUT2D eigenvalue weighted by molar-refractivity contribution is -0.119. The van der Waals surface area contributed by atoms with Crippen LogP contribution in [0.15, 0.2) is 18.2 Å². The second-order valence-electron chi connectivity index (χ2n) is 4.77. The van der Waals surface area contributed by atoms with Crippen LogP contribution < -0.4 is 20.5 Å². The van der Waals surface area contributed by atoms with E-state index in [1.165, 1.54) is 0 Å². The second-order valence-corrected chi connectivity index (χ2v) is 4.77. The maximum atomic E-state index is 11.1. The number of fused-ring (bicyclic) bond motifs is 1. The Hall–Kier alpha value is -1.75. The van der Waals surface area contributed by atoms with Gasteiger partial charge in [-0.05, 0) is 31.5 Å². The average Bonchev–Trinajstić information content (AvgIpc) is 2.62. The predicted molar refractivity (Wildman–Crippen MR) is 72.3 cm³/mol. The Labute approximate surface area is 113 Å². The van der Waals surface area contributed by atoms with E-state index in [4.69, 9.17) is 15.2 Å². The normalized spacial score (nSPS) is 17.4. The van der Waals surface area contributed by atoms with Crippen molar-refractivity contribution >= 4 is 5.91 Å². The lowest BCUT2D eigenvalue weighted by atomic mass is 10.1. The fourth-order valence-corrected chi connectivity index (χ4v) is 2.00. The number of nitrogens with two attached hydrogens (primary N) is 1. The van der Waals surface area contributed by atoms with Gasteiger partial charge in [-0.3, -0.25) is 10.1 Å². The predicted octanol–water partition coefficient (Wildman–Crippen LogP) is 1.37. The molecule has 0 bridgehead atoms. The lowest BCUT2D eigenvalue weighted by Crippen LogP contribution is -2.39. The molecular weight excluding hydrogens is 244 g/mol. The number of benzene rings is 1. The van der Waals surface area contributed by atoms with Gasteiger partial charge in [0.2, 0.25) is 5.91 Å². The van der Waals surface area contributed by atoms with Crippen LogP contribution in [0, 0.1) is 0 Å². The van der Waals surface area contributed by atoms with Gasteiger partial charge in [0.05, 0.1) is 19.3 Å². The number of hydrogen-bond donors (Lipinski definition) is 2. The molecule has 1 aliphatic rings. The Morgan fingerprint density at radius 2 is 1.95 bits per heavy atom. The van der Waals surface area contributed by atoms with Crippen molar-refractivity contribution in [2.45, 2.75) is 32.4 Å². The molecule has 0 fully saturated rings. The highest BCUT2D eigenvalue weighted by Gasteiger charge is 2.16. The Bertz CT molecular complexity index is 462. The number of carbonyl (C=O) groups excluding carboxylic acids is 1. The highest BCUT2D eigenvalue weighted by atomic mass is 16.5. The van der Waals surface area contributed by atoms with E-state index in [2.05, 4.69) is 5.32 Å². The molecule has 5 nitrogen and oxygen atoms in total. The van der Waals surface area contributed by atoms with Gasteiger partial charge < -0.3 is 15.2 Å². The van der Waals surface area contributed by atoms with Crippen molar-refractivity contribution < 1.29 is 14.3 Å². The number of rotatable bonds is 4. The van der Waals surface area contributed by atoms with Crippen LogP contribution in [0.1, 0.15) is 31.9 Å². The van der Waals surface area contributed by atoms with Gasteiger partial charge in [-0.1, -0.05) is 6.07 Å². The molecule has 0 saturated heterocycles. The van der Waals surface area contributed by atoms with E-state index in [9.17, 15) is 4.79 Å². The Morgan fingerprint density at radius 1 is 1.26 bits per heavy atom. The number of ether oxygens (including phenoxy) is 2. The van der Waals surface area contributed by atoms with Gasteiger partial charge in [0.1, 0.15) is 0 Å². The minimum absolute atomic E-state index is 0.0136. The lowest BCUT2D eigenvalue weighted by Gasteiger charge is -2.19. The van der Waals surface area contributed by atoms with Crippen LogP contribution in [0.25, 0.3) is 0 Å². The zero-order valence-electron chi connectivity index (χ0n) is 11.3. The molecule has 0 aliphatic carbocycles. The maximum Gasteiger partial charge on any atom is 0.234 e. The first-order valence-corrected chi connectivity index (χ1v) is 6.53. The molecule has 3 N–H and O–H groups in total. The molecule has 1 aromatic carbocycles. The van der Waals surface area contributed by atoms with Crippen LogP contribution in [0.5, 0.6) is 11.5 Å². The van der Waals surface area contributed by atoms with Crippen molar-refractivity contribution in [3.05, 3.63) is 23.8 Å². The number of carbonyl (C=O) groups is 1. The molecule has 1 heterocycles. The molecule has 0 saturated carbocycles. The van der Waals surface area contributed by atoms with Gasteiger partial charge in [0.25, 0.3) is 0 Å². The topological polar surface area (TPSA) is 73.6 Å². The molecule has 1 aliphatic heterocycles. The van der Waals surface area contributed by atoms with E-state index < -0.39 is 0 Å². The summed E-state index contributed by atoms with van der Waals surface area (Å²) >= 11 is 0. The Morgan fingerprint density at radius 3 is 2.63 bits per heavy atom. The zero-order valence-corrected chi connectivity index (χ0v) is 11.3. The van der Waals surface area contributed by atoms with Crippen LogP contribution in [0.2, 0.25) is 0 Å². The van der Waals surface area contributed by atoms with Gasteiger partial charge in [0, 0.05) is 12.5 Å². The summed E-state index contributed by atoms with van der Waals surface area (Å²) in [7, 11) is 0. The van der Waals surface area contributed by atoms with Crippen LogP contribution in [-0.2, 0) is 4.79 Å². The third kappa shape index (κ3) is 3.38. The van der Waals surface area contributed by atoms with Crippen LogP contribution >= 0.6 is 0 Å². The summed E-state index contributed by atoms with van der Waals surface area (Å²) < 4.78 is 11.2. The summed E-state index contributed by atoms with van der Waals surface area (Å²) in [5, 5.41) is 3.15. The zero-order chi connectivity index (χ0) is 13.8. The summed E-state index contributed by atoms with van der Waals surface area (Å²) in [5.41, 5.74) is 6.29.